The number of thiol groups is 1. The Bertz CT molecular complexity index is 415. The molecular weight excluding hydrogens is 240 g/mol. The van der Waals surface area contributed by atoms with Crippen molar-refractivity contribution >= 4 is 12.6 Å². The molecule has 0 spiro atoms. The summed E-state index contributed by atoms with van der Waals surface area (Å²) in [6.45, 7) is 1.14. The SMILES string of the molecule is COc1cc(OC)c(C2(S)COC2)cc1OC. The van der Waals surface area contributed by atoms with Crippen LogP contribution < -0.4 is 14.2 Å². The van der Waals surface area contributed by atoms with Gasteiger partial charge in [-0.05, 0) is 6.07 Å². The lowest BCUT2D eigenvalue weighted by atomic mass is 9.94. The first kappa shape index (κ1) is 12.4. The van der Waals surface area contributed by atoms with Crippen molar-refractivity contribution in [2.24, 2.45) is 0 Å². The number of ether oxygens (including phenoxy) is 4. The molecule has 1 fully saturated rings. The Morgan fingerprint density at radius 2 is 1.53 bits per heavy atom. The molecule has 1 aromatic carbocycles. The second-order valence-electron chi connectivity index (χ2n) is 3.93. The van der Waals surface area contributed by atoms with Gasteiger partial charge in [0.15, 0.2) is 11.5 Å². The van der Waals surface area contributed by atoms with E-state index in [1.807, 2.05) is 12.1 Å². The van der Waals surface area contributed by atoms with E-state index in [9.17, 15) is 0 Å². The van der Waals surface area contributed by atoms with Crippen molar-refractivity contribution in [1.82, 2.24) is 0 Å². The van der Waals surface area contributed by atoms with Gasteiger partial charge in [-0.3, -0.25) is 0 Å². The highest BCUT2D eigenvalue weighted by atomic mass is 32.1. The zero-order chi connectivity index (χ0) is 12.5. The summed E-state index contributed by atoms with van der Waals surface area (Å²) in [5.74, 6) is 2.05. The van der Waals surface area contributed by atoms with Crippen LogP contribution in [0.4, 0.5) is 0 Å². The summed E-state index contributed by atoms with van der Waals surface area (Å²) in [4.78, 5) is 0. The minimum Gasteiger partial charge on any atom is -0.496 e. The quantitative estimate of drug-likeness (QED) is 0.834. The van der Waals surface area contributed by atoms with Crippen LogP contribution in [0.5, 0.6) is 17.2 Å². The van der Waals surface area contributed by atoms with Crippen LogP contribution >= 0.6 is 12.6 Å². The van der Waals surface area contributed by atoms with E-state index in [1.165, 1.54) is 0 Å². The van der Waals surface area contributed by atoms with Crippen molar-refractivity contribution in [3.8, 4) is 17.2 Å². The summed E-state index contributed by atoms with van der Waals surface area (Å²) in [7, 11) is 4.83. The number of methoxy groups -OCH3 is 3. The topological polar surface area (TPSA) is 36.9 Å². The third-order valence-electron chi connectivity index (χ3n) is 2.89. The Balaban J connectivity index is 2.49. The first-order chi connectivity index (χ1) is 8.14. The maximum absolute atomic E-state index is 5.37. The van der Waals surface area contributed by atoms with Gasteiger partial charge in [0.05, 0.1) is 39.3 Å². The van der Waals surface area contributed by atoms with E-state index in [-0.39, 0.29) is 4.75 Å². The van der Waals surface area contributed by atoms with Gasteiger partial charge in [-0.2, -0.15) is 12.6 Å². The molecule has 0 N–H and O–H groups in total. The Hall–Kier alpha value is -1.07. The maximum atomic E-state index is 5.37. The smallest absolute Gasteiger partial charge is 0.164 e. The highest BCUT2D eigenvalue weighted by Gasteiger charge is 2.39. The van der Waals surface area contributed by atoms with Crippen molar-refractivity contribution in [2.45, 2.75) is 4.75 Å². The summed E-state index contributed by atoms with van der Waals surface area (Å²) in [5, 5.41) is 0. The Morgan fingerprint density at radius 1 is 1.00 bits per heavy atom. The Labute approximate surface area is 106 Å². The van der Waals surface area contributed by atoms with E-state index in [1.54, 1.807) is 21.3 Å². The van der Waals surface area contributed by atoms with Crippen LogP contribution in [0.15, 0.2) is 12.1 Å². The van der Waals surface area contributed by atoms with Gasteiger partial charge in [-0.15, -0.1) is 0 Å². The average Bonchev–Trinajstić information content (AvgIpc) is 2.34. The molecule has 1 saturated heterocycles. The van der Waals surface area contributed by atoms with Crippen molar-refractivity contribution in [1.29, 1.82) is 0 Å². The van der Waals surface area contributed by atoms with E-state index < -0.39 is 0 Å². The predicted octanol–water partition coefficient (Wildman–Crippen LogP) is 1.87. The van der Waals surface area contributed by atoms with Crippen molar-refractivity contribution in [3.63, 3.8) is 0 Å². The maximum Gasteiger partial charge on any atom is 0.164 e. The van der Waals surface area contributed by atoms with Gasteiger partial charge in [0.25, 0.3) is 0 Å². The highest BCUT2D eigenvalue weighted by molar-refractivity contribution is 7.81. The second-order valence-corrected chi connectivity index (χ2v) is 4.79. The minimum absolute atomic E-state index is 0.301. The molecule has 0 amide bonds. The highest BCUT2D eigenvalue weighted by Crippen LogP contribution is 2.45. The first-order valence-electron chi connectivity index (χ1n) is 5.25. The fourth-order valence-corrected chi connectivity index (χ4v) is 2.20. The molecule has 1 aromatic rings. The van der Waals surface area contributed by atoms with Gasteiger partial charge in [0, 0.05) is 11.6 Å². The molecule has 1 aliphatic rings. The van der Waals surface area contributed by atoms with Crippen molar-refractivity contribution < 1.29 is 18.9 Å². The molecule has 0 bridgehead atoms. The predicted molar refractivity (Wildman–Crippen MR) is 67.6 cm³/mol. The molecule has 17 heavy (non-hydrogen) atoms. The Kier molecular flexibility index (Phi) is 3.40. The first-order valence-corrected chi connectivity index (χ1v) is 5.70. The second kappa shape index (κ2) is 4.66. The monoisotopic (exact) mass is 256 g/mol. The van der Waals surface area contributed by atoms with E-state index in [4.69, 9.17) is 18.9 Å². The fraction of sp³-hybridized carbons (Fsp3) is 0.500. The third kappa shape index (κ3) is 2.05. The molecule has 4 nitrogen and oxygen atoms in total. The Morgan fingerprint density at radius 3 is 1.94 bits per heavy atom. The molecular formula is C12H16O4S. The van der Waals surface area contributed by atoms with Gasteiger partial charge in [-0.25, -0.2) is 0 Å². The van der Waals surface area contributed by atoms with Gasteiger partial charge in [0.1, 0.15) is 5.75 Å². The number of rotatable bonds is 4. The molecule has 1 heterocycles. The molecule has 2 rings (SSSR count). The minimum atomic E-state index is -0.301. The van der Waals surface area contributed by atoms with Crippen molar-refractivity contribution in [2.75, 3.05) is 34.5 Å². The summed E-state index contributed by atoms with van der Waals surface area (Å²) in [6.07, 6.45) is 0. The number of hydrogen-bond acceptors (Lipinski definition) is 5. The normalized spacial score (nSPS) is 17.2. The lowest BCUT2D eigenvalue weighted by Gasteiger charge is -2.38. The third-order valence-corrected chi connectivity index (χ3v) is 3.39. The standard InChI is InChI=1S/C12H16O4S/c1-13-9-5-11(15-3)10(14-2)4-8(9)12(17)6-16-7-12/h4-5,17H,6-7H2,1-3H3. The molecule has 94 valence electrons. The van der Waals surface area contributed by atoms with Crippen LogP contribution in [-0.4, -0.2) is 34.5 Å². The molecule has 0 radical (unpaired) electrons. The average molecular weight is 256 g/mol. The zero-order valence-corrected chi connectivity index (χ0v) is 11.0. The van der Waals surface area contributed by atoms with Gasteiger partial charge in [-0.1, -0.05) is 0 Å². The molecule has 0 saturated carbocycles. The van der Waals surface area contributed by atoms with Gasteiger partial charge in [0.2, 0.25) is 0 Å². The molecule has 1 aliphatic heterocycles. The summed E-state index contributed by atoms with van der Waals surface area (Å²) in [5.41, 5.74) is 0.965. The van der Waals surface area contributed by atoms with E-state index in [0.717, 1.165) is 11.3 Å². The van der Waals surface area contributed by atoms with Crippen LogP contribution in [0, 0.1) is 0 Å². The molecule has 0 unspecified atom stereocenters. The van der Waals surface area contributed by atoms with Gasteiger partial charge < -0.3 is 18.9 Å². The number of hydrogen-bond donors (Lipinski definition) is 1. The van der Waals surface area contributed by atoms with Crippen LogP contribution in [-0.2, 0) is 9.48 Å². The summed E-state index contributed by atoms with van der Waals surface area (Å²) >= 11 is 4.63. The van der Waals surface area contributed by atoms with E-state index in [0.29, 0.717) is 24.7 Å². The van der Waals surface area contributed by atoms with Gasteiger partial charge >= 0.3 is 0 Å². The molecule has 0 aromatic heterocycles. The van der Waals surface area contributed by atoms with Crippen LogP contribution in [0.1, 0.15) is 5.56 Å². The molecule has 0 atom stereocenters. The van der Waals surface area contributed by atoms with E-state index in [2.05, 4.69) is 12.6 Å². The lowest BCUT2D eigenvalue weighted by molar-refractivity contribution is -0.0107. The fourth-order valence-electron chi connectivity index (χ4n) is 1.84. The molecule has 0 aliphatic carbocycles. The van der Waals surface area contributed by atoms with Crippen LogP contribution in [0.25, 0.3) is 0 Å². The van der Waals surface area contributed by atoms with Crippen molar-refractivity contribution in [3.05, 3.63) is 17.7 Å². The summed E-state index contributed by atoms with van der Waals surface area (Å²) in [6, 6.07) is 3.71. The largest absolute Gasteiger partial charge is 0.496 e. The zero-order valence-electron chi connectivity index (χ0n) is 10.1. The lowest BCUT2D eigenvalue weighted by Crippen LogP contribution is -2.41. The van der Waals surface area contributed by atoms with Crippen LogP contribution in [0.3, 0.4) is 0 Å². The molecule has 5 heteroatoms. The van der Waals surface area contributed by atoms with Crippen LogP contribution in [0.2, 0.25) is 0 Å². The summed E-state index contributed by atoms with van der Waals surface area (Å²) < 4.78 is 20.8. The van der Waals surface area contributed by atoms with E-state index >= 15 is 0 Å². The number of benzene rings is 1.